The number of benzene rings is 2. The summed E-state index contributed by atoms with van der Waals surface area (Å²) in [6, 6.07) is 13.5. The molecule has 2 aromatic rings. The summed E-state index contributed by atoms with van der Waals surface area (Å²) in [7, 11) is 0. The summed E-state index contributed by atoms with van der Waals surface area (Å²) in [5.41, 5.74) is 1.60. The molecule has 1 aliphatic heterocycles. The van der Waals surface area contributed by atoms with Gasteiger partial charge in [-0.3, -0.25) is 0 Å². The third-order valence-electron chi connectivity index (χ3n) is 3.53. The minimum atomic E-state index is -0.352. The zero-order valence-corrected chi connectivity index (χ0v) is 12.8. The summed E-state index contributed by atoms with van der Waals surface area (Å²) >= 11 is 12.3. The minimum Gasteiger partial charge on any atom is -0.485 e. The van der Waals surface area contributed by atoms with Crippen LogP contribution in [-0.2, 0) is 0 Å². The average Bonchev–Trinajstić information content (AvgIpc) is 2.65. The van der Waals surface area contributed by atoms with Crippen molar-refractivity contribution in [1.29, 1.82) is 0 Å². The normalized spacial score (nSPS) is 19.3. The first kappa shape index (κ1) is 13.6. The van der Waals surface area contributed by atoms with E-state index in [0.717, 1.165) is 17.0 Å². The van der Waals surface area contributed by atoms with Crippen molar-refractivity contribution in [3.05, 3.63) is 58.1 Å². The molecule has 3 rings (SSSR count). The predicted molar refractivity (Wildman–Crippen MR) is 84.0 cm³/mol. The van der Waals surface area contributed by atoms with E-state index in [1.807, 2.05) is 24.3 Å². The van der Waals surface area contributed by atoms with E-state index in [9.17, 15) is 0 Å². The minimum absolute atomic E-state index is 0.0228. The number of rotatable bonds is 2. The maximum Gasteiger partial charge on any atom is 0.128 e. The summed E-state index contributed by atoms with van der Waals surface area (Å²) < 4.78 is 6.01. The molecule has 20 heavy (non-hydrogen) atoms. The second-order valence-electron chi connectivity index (χ2n) is 5.44. The average molecular weight is 308 g/mol. The second kappa shape index (κ2) is 4.87. The van der Waals surface area contributed by atoms with Crippen LogP contribution < -0.4 is 10.1 Å². The van der Waals surface area contributed by atoms with Crippen LogP contribution >= 0.6 is 23.2 Å². The van der Waals surface area contributed by atoms with E-state index in [-0.39, 0.29) is 11.6 Å². The van der Waals surface area contributed by atoms with Gasteiger partial charge in [0.05, 0.1) is 16.8 Å². The van der Waals surface area contributed by atoms with E-state index >= 15 is 0 Å². The molecule has 4 heteroatoms. The number of para-hydroxylation sites is 1. The zero-order chi connectivity index (χ0) is 14.3. The van der Waals surface area contributed by atoms with E-state index < -0.39 is 0 Å². The van der Waals surface area contributed by atoms with Crippen LogP contribution in [0.3, 0.4) is 0 Å². The SMILES string of the molecule is CC1(C)Oc2ccccc2C1Nc1cc(Cl)ccc1Cl. The van der Waals surface area contributed by atoms with Gasteiger partial charge in [-0.25, -0.2) is 0 Å². The van der Waals surface area contributed by atoms with Crippen LogP contribution in [0, 0.1) is 0 Å². The van der Waals surface area contributed by atoms with Crippen molar-refractivity contribution in [2.24, 2.45) is 0 Å². The first-order valence-corrected chi connectivity index (χ1v) is 7.22. The first-order chi connectivity index (χ1) is 9.47. The molecule has 1 atom stereocenters. The van der Waals surface area contributed by atoms with Gasteiger partial charge in [0.25, 0.3) is 0 Å². The second-order valence-corrected chi connectivity index (χ2v) is 6.29. The first-order valence-electron chi connectivity index (χ1n) is 6.47. The standard InChI is InChI=1S/C16H15Cl2NO/c1-16(2)15(11-5-3-4-6-14(11)20-16)19-13-9-10(17)7-8-12(13)18/h3-9,15,19H,1-2H3. The van der Waals surface area contributed by atoms with Gasteiger partial charge in [-0.1, -0.05) is 41.4 Å². The predicted octanol–water partition coefficient (Wildman–Crippen LogP) is 5.32. The number of anilines is 1. The lowest BCUT2D eigenvalue weighted by Gasteiger charge is -2.28. The van der Waals surface area contributed by atoms with Crippen molar-refractivity contribution >= 4 is 28.9 Å². The molecule has 0 fully saturated rings. The number of halogens is 2. The molecule has 1 unspecified atom stereocenters. The number of hydrogen-bond acceptors (Lipinski definition) is 2. The van der Waals surface area contributed by atoms with Crippen LogP contribution in [0.4, 0.5) is 5.69 Å². The molecule has 0 saturated heterocycles. The Morgan fingerprint density at radius 1 is 1.10 bits per heavy atom. The van der Waals surface area contributed by atoms with Crippen molar-refractivity contribution in [2.75, 3.05) is 5.32 Å². The van der Waals surface area contributed by atoms with E-state index in [1.165, 1.54) is 0 Å². The van der Waals surface area contributed by atoms with E-state index in [1.54, 1.807) is 12.1 Å². The highest BCUT2D eigenvalue weighted by atomic mass is 35.5. The maximum atomic E-state index is 6.23. The summed E-state index contributed by atoms with van der Waals surface area (Å²) in [5, 5.41) is 4.76. The molecule has 0 bridgehead atoms. The molecule has 1 N–H and O–H groups in total. The Labute approximate surface area is 128 Å². The van der Waals surface area contributed by atoms with E-state index in [4.69, 9.17) is 27.9 Å². The fraction of sp³-hybridized carbons (Fsp3) is 0.250. The molecule has 0 amide bonds. The number of fused-ring (bicyclic) bond motifs is 1. The topological polar surface area (TPSA) is 21.3 Å². The molecule has 2 aromatic carbocycles. The Balaban J connectivity index is 1.99. The molecular weight excluding hydrogens is 293 g/mol. The van der Waals surface area contributed by atoms with Crippen LogP contribution in [0.1, 0.15) is 25.5 Å². The van der Waals surface area contributed by atoms with Gasteiger partial charge in [-0.15, -0.1) is 0 Å². The Kier molecular flexibility index (Phi) is 3.31. The van der Waals surface area contributed by atoms with Crippen LogP contribution in [0.5, 0.6) is 5.75 Å². The largest absolute Gasteiger partial charge is 0.485 e. The molecule has 0 aromatic heterocycles. The lowest BCUT2D eigenvalue weighted by Crippen LogP contribution is -2.34. The third-order valence-corrected chi connectivity index (χ3v) is 4.09. The fourth-order valence-corrected chi connectivity index (χ4v) is 2.89. The fourth-order valence-electron chi connectivity index (χ4n) is 2.54. The Morgan fingerprint density at radius 3 is 2.65 bits per heavy atom. The molecule has 104 valence electrons. The van der Waals surface area contributed by atoms with Crippen molar-refractivity contribution < 1.29 is 4.74 Å². The van der Waals surface area contributed by atoms with Crippen LogP contribution in [0.2, 0.25) is 10.0 Å². The lowest BCUT2D eigenvalue weighted by atomic mass is 9.94. The highest BCUT2D eigenvalue weighted by molar-refractivity contribution is 6.35. The van der Waals surface area contributed by atoms with Gasteiger partial charge in [-0.2, -0.15) is 0 Å². The van der Waals surface area contributed by atoms with Gasteiger partial charge < -0.3 is 10.1 Å². The van der Waals surface area contributed by atoms with Crippen molar-refractivity contribution in [2.45, 2.75) is 25.5 Å². The van der Waals surface area contributed by atoms with Crippen LogP contribution in [0.15, 0.2) is 42.5 Å². The van der Waals surface area contributed by atoms with Gasteiger partial charge in [0.1, 0.15) is 11.4 Å². The molecule has 0 saturated carbocycles. The summed E-state index contributed by atoms with van der Waals surface area (Å²) in [4.78, 5) is 0. The monoisotopic (exact) mass is 307 g/mol. The van der Waals surface area contributed by atoms with E-state index in [0.29, 0.717) is 10.0 Å². The summed E-state index contributed by atoms with van der Waals surface area (Å²) in [6.07, 6.45) is 0. The third kappa shape index (κ3) is 2.34. The zero-order valence-electron chi connectivity index (χ0n) is 11.3. The molecule has 0 radical (unpaired) electrons. The molecule has 0 spiro atoms. The smallest absolute Gasteiger partial charge is 0.128 e. The van der Waals surface area contributed by atoms with Gasteiger partial charge in [0, 0.05) is 10.6 Å². The van der Waals surface area contributed by atoms with Crippen molar-refractivity contribution in [3.63, 3.8) is 0 Å². The number of hydrogen-bond donors (Lipinski definition) is 1. The van der Waals surface area contributed by atoms with Crippen LogP contribution in [0.25, 0.3) is 0 Å². The highest BCUT2D eigenvalue weighted by Gasteiger charge is 2.41. The van der Waals surface area contributed by atoms with Crippen molar-refractivity contribution in [1.82, 2.24) is 0 Å². The molecule has 0 aliphatic carbocycles. The molecule has 1 heterocycles. The van der Waals surface area contributed by atoms with Gasteiger partial charge >= 0.3 is 0 Å². The van der Waals surface area contributed by atoms with Gasteiger partial charge in [0.2, 0.25) is 0 Å². The Hall–Kier alpha value is -1.38. The maximum absolute atomic E-state index is 6.23. The molecule has 2 nitrogen and oxygen atoms in total. The summed E-state index contributed by atoms with van der Waals surface area (Å²) in [6.45, 7) is 4.12. The van der Waals surface area contributed by atoms with Gasteiger partial charge in [0.15, 0.2) is 0 Å². The molecular formula is C16H15Cl2NO. The Bertz CT molecular complexity index is 655. The number of ether oxygens (including phenoxy) is 1. The highest BCUT2D eigenvalue weighted by Crippen LogP contribution is 2.45. The number of nitrogens with one attached hydrogen (secondary N) is 1. The Morgan fingerprint density at radius 2 is 1.85 bits per heavy atom. The quantitative estimate of drug-likeness (QED) is 0.811. The summed E-state index contributed by atoms with van der Waals surface area (Å²) in [5.74, 6) is 0.910. The lowest BCUT2D eigenvalue weighted by molar-refractivity contribution is 0.118. The van der Waals surface area contributed by atoms with Crippen molar-refractivity contribution in [3.8, 4) is 5.75 Å². The van der Waals surface area contributed by atoms with Gasteiger partial charge in [-0.05, 0) is 38.1 Å². The molecule has 1 aliphatic rings. The van der Waals surface area contributed by atoms with E-state index in [2.05, 4.69) is 25.2 Å². The van der Waals surface area contributed by atoms with Crippen LogP contribution in [-0.4, -0.2) is 5.60 Å².